The van der Waals surface area contributed by atoms with Gasteiger partial charge in [-0.25, -0.2) is 0 Å². The first-order chi connectivity index (χ1) is 13.2. The van der Waals surface area contributed by atoms with Crippen LogP contribution in [0.4, 0.5) is 0 Å². The van der Waals surface area contributed by atoms with E-state index in [1.54, 1.807) is 11.8 Å². The Morgan fingerprint density at radius 1 is 1.04 bits per heavy atom. The van der Waals surface area contributed by atoms with Gasteiger partial charge < -0.3 is 4.74 Å². The second kappa shape index (κ2) is 8.38. The maximum atomic E-state index is 5.92. The molecule has 3 nitrogen and oxygen atoms in total. The van der Waals surface area contributed by atoms with Crippen molar-refractivity contribution >= 4 is 44.3 Å². The van der Waals surface area contributed by atoms with Crippen LogP contribution in [0.25, 0.3) is 0 Å². The maximum absolute atomic E-state index is 5.92. The fourth-order valence-corrected chi connectivity index (χ4v) is 4.30. The molecule has 0 saturated heterocycles. The maximum Gasteiger partial charge on any atom is 0.134 e. The van der Waals surface area contributed by atoms with E-state index in [4.69, 9.17) is 16.3 Å². The molecule has 0 amide bonds. The van der Waals surface area contributed by atoms with E-state index in [-0.39, 0.29) is 5.37 Å². The summed E-state index contributed by atoms with van der Waals surface area (Å²) in [5.41, 5.74) is 6.55. The Hall–Kier alpha value is -1.95. The van der Waals surface area contributed by atoms with Crippen LogP contribution in [0.15, 0.2) is 82.4 Å². The van der Waals surface area contributed by atoms with E-state index in [0.29, 0.717) is 6.61 Å². The molecule has 3 aromatic carbocycles. The number of hydrogen-bond acceptors (Lipinski definition) is 4. The molecule has 1 aliphatic heterocycles. The van der Waals surface area contributed by atoms with Gasteiger partial charge in [-0.15, -0.1) is 0 Å². The summed E-state index contributed by atoms with van der Waals surface area (Å²) in [6.45, 7) is 0.493. The van der Waals surface area contributed by atoms with Crippen molar-refractivity contribution in [3.63, 3.8) is 0 Å². The van der Waals surface area contributed by atoms with Gasteiger partial charge in [0.05, 0.1) is 4.47 Å². The minimum Gasteiger partial charge on any atom is -0.488 e. The van der Waals surface area contributed by atoms with Crippen LogP contribution in [0.2, 0.25) is 5.02 Å². The summed E-state index contributed by atoms with van der Waals surface area (Å²) >= 11 is 11.2. The molecule has 0 aromatic heterocycles. The SMILES string of the molecule is Clc1ccc(COc2ccc([C@@H]3NN=C(c4ccccc4)S3)cc2Br)cc1. The molecule has 0 fully saturated rings. The lowest BCUT2D eigenvalue weighted by Gasteiger charge is -2.13. The third-order valence-electron chi connectivity index (χ3n) is 4.10. The smallest absolute Gasteiger partial charge is 0.134 e. The molecule has 136 valence electrons. The van der Waals surface area contributed by atoms with Crippen LogP contribution in [0.5, 0.6) is 5.75 Å². The van der Waals surface area contributed by atoms with Gasteiger partial charge >= 0.3 is 0 Å². The predicted molar refractivity (Wildman–Crippen MR) is 116 cm³/mol. The van der Waals surface area contributed by atoms with Crippen molar-refractivity contribution in [1.29, 1.82) is 0 Å². The molecule has 1 N–H and O–H groups in total. The molecule has 6 heteroatoms. The molecule has 1 atom stereocenters. The zero-order valence-electron chi connectivity index (χ0n) is 14.2. The van der Waals surface area contributed by atoms with Gasteiger partial charge in [0.15, 0.2) is 0 Å². The minimum absolute atomic E-state index is 0.0850. The molecule has 0 spiro atoms. The highest BCUT2D eigenvalue weighted by Gasteiger charge is 2.22. The number of rotatable bonds is 5. The minimum atomic E-state index is 0.0850. The topological polar surface area (TPSA) is 33.6 Å². The van der Waals surface area contributed by atoms with Crippen LogP contribution in [0.1, 0.15) is 22.1 Å². The molecule has 0 saturated carbocycles. The quantitative estimate of drug-likeness (QED) is 0.481. The summed E-state index contributed by atoms with van der Waals surface area (Å²) in [6.07, 6.45) is 0. The second-order valence-corrected chi connectivity index (χ2v) is 8.40. The van der Waals surface area contributed by atoms with Crippen molar-refractivity contribution in [3.05, 3.63) is 99.0 Å². The molecule has 1 aliphatic rings. The van der Waals surface area contributed by atoms with E-state index < -0.39 is 0 Å². The van der Waals surface area contributed by atoms with Crippen LogP contribution >= 0.6 is 39.3 Å². The third kappa shape index (κ3) is 4.49. The average Bonchev–Trinajstić information content (AvgIpc) is 3.19. The Kier molecular flexibility index (Phi) is 5.72. The number of halogens is 2. The largest absolute Gasteiger partial charge is 0.488 e. The summed E-state index contributed by atoms with van der Waals surface area (Å²) < 4.78 is 6.85. The molecule has 0 bridgehead atoms. The Morgan fingerprint density at radius 2 is 1.81 bits per heavy atom. The Bertz CT molecular complexity index is 964. The molecule has 27 heavy (non-hydrogen) atoms. The number of nitrogens with zero attached hydrogens (tertiary/aromatic N) is 1. The number of ether oxygens (including phenoxy) is 1. The van der Waals surface area contributed by atoms with Crippen molar-refractivity contribution in [2.75, 3.05) is 0 Å². The number of benzene rings is 3. The normalized spacial score (nSPS) is 15.9. The van der Waals surface area contributed by atoms with Gasteiger partial charge in [0.25, 0.3) is 0 Å². The van der Waals surface area contributed by atoms with E-state index in [1.165, 1.54) is 0 Å². The van der Waals surface area contributed by atoms with Gasteiger partial charge in [0.1, 0.15) is 22.8 Å². The lowest BCUT2D eigenvalue weighted by molar-refractivity contribution is 0.304. The van der Waals surface area contributed by atoms with Crippen molar-refractivity contribution in [2.24, 2.45) is 5.10 Å². The highest BCUT2D eigenvalue weighted by atomic mass is 79.9. The lowest BCUT2D eigenvalue weighted by atomic mass is 10.2. The Balaban J connectivity index is 1.41. The zero-order chi connectivity index (χ0) is 18.6. The molecular weight excluding hydrogens is 444 g/mol. The van der Waals surface area contributed by atoms with Gasteiger partial charge in [-0.2, -0.15) is 5.10 Å². The van der Waals surface area contributed by atoms with Gasteiger partial charge in [-0.3, -0.25) is 5.43 Å². The van der Waals surface area contributed by atoms with Crippen molar-refractivity contribution in [1.82, 2.24) is 5.43 Å². The molecule has 1 heterocycles. The summed E-state index contributed by atoms with van der Waals surface area (Å²) in [4.78, 5) is 0. The van der Waals surface area contributed by atoms with Gasteiger partial charge in [0, 0.05) is 10.6 Å². The van der Waals surface area contributed by atoms with Gasteiger partial charge in [-0.05, 0) is 51.3 Å². The highest BCUT2D eigenvalue weighted by Crippen LogP contribution is 2.37. The summed E-state index contributed by atoms with van der Waals surface area (Å²) in [7, 11) is 0. The highest BCUT2D eigenvalue weighted by molar-refractivity contribution is 9.10. The summed E-state index contributed by atoms with van der Waals surface area (Å²) in [5, 5.41) is 6.28. The molecule has 4 rings (SSSR count). The fourth-order valence-electron chi connectivity index (χ4n) is 2.68. The van der Waals surface area contributed by atoms with Gasteiger partial charge in [-0.1, -0.05) is 71.9 Å². The number of hydrazone groups is 1. The third-order valence-corrected chi connectivity index (χ3v) is 6.14. The van der Waals surface area contributed by atoms with E-state index in [2.05, 4.69) is 50.7 Å². The first-order valence-electron chi connectivity index (χ1n) is 8.41. The second-order valence-electron chi connectivity index (χ2n) is 6.01. The van der Waals surface area contributed by atoms with Crippen molar-refractivity contribution < 1.29 is 4.74 Å². The summed E-state index contributed by atoms with van der Waals surface area (Å²) in [6, 6.07) is 24.0. The van der Waals surface area contributed by atoms with E-state index in [9.17, 15) is 0 Å². The average molecular weight is 460 g/mol. The van der Waals surface area contributed by atoms with Crippen molar-refractivity contribution in [2.45, 2.75) is 12.0 Å². The molecular formula is C21H16BrClN2OS. The molecule has 0 radical (unpaired) electrons. The number of hydrogen-bond donors (Lipinski definition) is 1. The van der Waals surface area contributed by atoms with E-state index >= 15 is 0 Å². The lowest BCUT2D eigenvalue weighted by Crippen LogP contribution is -2.06. The standard InChI is InChI=1S/C21H16BrClN2OS/c22-18-12-16(21-25-24-20(27-21)15-4-2-1-3-5-15)8-11-19(18)26-13-14-6-9-17(23)10-7-14/h1-12,21,25H,13H2/t21-/m1/s1. The number of nitrogens with one attached hydrogen (secondary N) is 1. The summed E-state index contributed by atoms with van der Waals surface area (Å²) in [5.74, 6) is 0.806. The van der Waals surface area contributed by atoms with Crippen LogP contribution < -0.4 is 10.2 Å². The van der Waals surface area contributed by atoms with Crippen LogP contribution in [-0.4, -0.2) is 5.04 Å². The zero-order valence-corrected chi connectivity index (χ0v) is 17.4. The van der Waals surface area contributed by atoms with Crippen molar-refractivity contribution in [3.8, 4) is 5.75 Å². The van der Waals surface area contributed by atoms with E-state index in [0.717, 1.165) is 37.0 Å². The van der Waals surface area contributed by atoms with Gasteiger partial charge in [0.2, 0.25) is 0 Å². The number of thioether (sulfide) groups is 1. The molecule has 0 unspecified atom stereocenters. The Labute approximate surface area is 175 Å². The molecule has 3 aromatic rings. The predicted octanol–water partition coefficient (Wildman–Crippen LogP) is 6.38. The first kappa shape index (κ1) is 18.4. The molecule has 0 aliphatic carbocycles. The fraction of sp³-hybridized carbons (Fsp3) is 0.0952. The van der Waals surface area contributed by atoms with Crippen LogP contribution in [0, 0.1) is 0 Å². The van der Waals surface area contributed by atoms with E-state index in [1.807, 2.05) is 48.5 Å². The first-order valence-corrected chi connectivity index (χ1v) is 10.5. The van der Waals surface area contributed by atoms with Crippen LogP contribution in [0.3, 0.4) is 0 Å². The monoisotopic (exact) mass is 458 g/mol. The van der Waals surface area contributed by atoms with Crippen LogP contribution in [-0.2, 0) is 6.61 Å². The Morgan fingerprint density at radius 3 is 2.56 bits per heavy atom.